The monoisotopic (exact) mass is 650 g/mol. The third-order valence-electron chi connectivity index (χ3n) is 7.68. The number of hydrogen-bond donors (Lipinski definition) is 3. The lowest BCUT2D eigenvalue weighted by Gasteiger charge is -2.20. The Bertz CT molecular complexity index is 1890. The highest BCUT2D eigenvalue weighted by molar-refractivity contribution is 7.14. The van der Waals surface area contributed by atoms with Crippen molar-refractivity contribution < 1.29 is 19.5 Å². The first-order valence-electron chi connectivity index (χ1n) is 15.3. The van der Waals surface area contributed by atoms with E-state index in [0.717, 1.165) is 44.2 Å². The van der Waals surface area contributed by atoms with Gasteiger partial charge in [0.05, 0.1) is 16.3 Å². The zero-order valence-corrected chi connectivity index (χ0v) is 28.1. The van der Waals surface area contributed by atoms with Gasteiger partial charge in [-0.25, -0.2) is 14.6 Å². The van der Waals surface area contributed by atoms with Crippen molar-refractivity contribution in [3.05, 3.63) is 106 Å². The molecule has 5 aromatic rings. The third kappa shape index (κ3) is 7.98. The van der Waals surface area contributed by atoms with Crippen molar-refractivity contribution in [3.63, 3.8) is 0 Å². The molecule has 0 unspecified atom stereocenters. The third-order valence-corrected chi connectivity index (χ3v) is 9.19. The molecule has 3 aromatic heterocycles. The first-order chi connectivity index (χ1) is 22.3. The number of aryl methyl sites for hydroxylation is 2. The lowest BCUT2D eigenvalue weighted by Crippen LogP contribution is -2.51. The Hall–Kier alpha value is -5.16. The summed E-state index contributed by atoms with van der Waals surface area (Å²) in [5, 5.41) is 19.1. The maximum absolute atomic E-state index is 13.2. The summed E-state index contributed by atoms with van der Waals surface area (Å²) in [6, 6.07) is 19.1. The molecule has 10 nitrogen and oxygen atoms in total. The summed E-state index contributed by atoms with van der Waals surface area (Å²) in [4.78, 5) is 48.4. The summed E-state index contributed by atoms with van der Waals surface area (Å²) in [6.45, 7) is 11.6. The van der Waals surface area contributed by atoms with Gasteiger partial charge in [0.2, 0.25) is 5.91 Å². The quantitative estimate of drug-likeness (QED) is 0.171. The van der Waals surface area contributed by atoms with Crippen LogP contribution in [0.1, 0.15) is 59.2 Å². The van der Waals surface area contributed by atoms with Gasteiger partial charge in [-0.1, -0.05) is 57.2 Å². The summed E-state index contributed by atoms with van der Waals surface area (Å²) >= 11 is 1.37. The number of aromatic nitrogens is 4. The molecule has 0 spiro atoms. The van der Waals surface area contributed by atoms with E-state index in [4.69, 9.17) is 0 Å². The number of benzene rings is 2. The van der Waals surface area contributed by atoms with Crippen LogP contribution in [-0.2, 0) is 21.4 Å². The van der Waals surface area contributed by atoms with E-state index in [1.54, 1.807) is 18.5 Å². The second-order valence-electron chi connectivity index (χ2n) is 12.6. The summed E-state index contributed by atoms with van der Waals surface area (Å²) in [6.07, 6.45) is 3.72. The molecule has 0 saturated heterocycles. The molecule has 2 aromatic carbocycles. The number of carboxylic acid groups (broad SMARTS) is 1. The number of rotatable bonds is 10. The average molecular weight is 651 g/mol. The Balaban J connectivity index is 1.28. The molecular weight excluding hydrogens is 613 g/mol. The molecule has 0 saturated carbocycles. The molecule has 0 aliphatic carbocycles. The lowest BCUT2D eigenvalue weighted by atomic mass is 9.95. The first-order valence-corrected chi connectivity index (χ1v) is 16.1. The van der Waals surface area contributed by atoms with Crippen LogP contribution in [0.25, 0.3) is 28.2 Å². The highest BCUT2D eigenvalue weighted by atomic mass is 32.1. The van der Waals surface area contributed by atoms with E-state index in [0.29, 0.717) is 10.7 Å². The van der Waals surface area contributed by atoms with Crippen molar-refractivity contribution in [2.45, 2.75) is 65.5 Å². The summed E-state index contributed by atoms with van der Waals surface area (Å²) < 4.78 is 1.91. The van der Waals surface area contributed by atoms with Crippen LogP contribution >= 0.6 is 11.3 Å². The topological polar surface area (TPSA) is 139 Å². The zero-order valence-electron chi connectivity index (χ0n) is 27.2. The summed E-state index contributed by atoms with van der Waals surface area (Å²) in [5.74, 6) is -1.58. The van der Waals surface area contributed by atoms with Crippen molar-refractivity contribution >= 4 is 29.1 Å². The van der Waals surface area contributed by atoms with Crippen molar-refractivity contribution in [1.82, 2.24) is 30.4 Å². The molecule has 11 heteroatoms. The fraction of sp³-hybridized carbons (Fsp3) is 0.278. The summed E-state index contributed by atoms with van der Waals surface area (Å²) in [7, 11) is 0. The predicted octanol–water partition coefficient (Wildman–Crippen LogP) is 5.90. The molecule has 0 aliphatic rings. The Labute approximate surface area is 277 Å². The Morgan fingerprint density at radius 1 is 0.872 bits per heavy atom. The van der Waals surface area contributed by atoms with Crippen LogP contribution in [0.4, 0.5) is 0 Å². The SMILES string of the molecule is Cc1cc(C)n(-c2ccc(-c3cnc(-c4ccc(C[C@H](NC(=O)c5ccc(C(C)(C)C)s5)C(=O)N[C@H](C)C(=O)O)cc4)nc3)cc2)n1. The second-order valence-corrected chi connectivity index (χ2v) is 13.7. The minimum Gasteiger partial charge on any atom is -0.480 e. The molecular formula is C36H38N6O4S. The van der Waals surface area contributed by atoms with Gasteiger partial charge in [0, 0.05) is 40.5 Å². The van der Waals surface area contributed by atoms with Gasteiger partial charge in [0.25, 0.3) is 5.91 Å². The summed E-state index contributed by atoms with van der Waals surface area (Å²) in [5.41, 5.74) is 6.33. The van der Waals surface area contributed by atoms with Crippen LogP contribution in [0.2, 0.25) is 0 Å². The van der Waals surface area contributed by atoms with E-state index in [2.05, 4.69) is 46.5 Å². The minimum atomic E-state index is -1.16. The van der Waals surface area contributed by atoms with Gasteiger partial charge in [-0.05, 0) is 67.6 Å². The van der Waals surface area contributed by atoms with E-state index in [1.807, 2.05) is 79.2 Å². The molecule has 47 heavy (non-hydrogen) atoms. The van der Waals surface area contributed by atoms with Crippen LogP contribution in [0.15, 0.2) is 79.1 Å². The van der Waals surface area contributed by atoms with Crippen LogP contribution < -0.4 is 10.6 Å². The standard InChI is InChI=1S/C36H38N6O4S/c1-21-17-22(2)42(41-21)28-13-11-25(12-14-28)27-19-37-32(38-20-27)26-9-7-24(8-10-26)18-29(33(43)39-23(3)35(45)46)40-34(44)30-15-16-31(47-30)36(4,5)6/h7-17,19-20,23,29H,18H2,1-6H3,(H,39,43)(H,40,44)(H,45,46)/t23-,29+/m1/s1. The smallest absolute Gasteiger partial charge is 0.325 e. The molecule has 0 fully saturated rings. The van der Waals surface area contributed by atoms with Gasteiger partial charge in [0.1, 0.15) is 12.1 Å². The fourth-order valence-electron chi connectivity index (χ4n) is 5.01. The van der Waals surface area contributed by atoms with E-state index in [9.17, 15) is 19.5 Å². The normalized spacial score (nSPS) is 12.7. The molecule has 242 valence electrons. The molecule has 2 amide bonds. The van der Waals surface area contributed by atoms with Crippen molar-refractivity contribution in [2.24, 2.45) is 0 Å². The van der Waals surface area contributed by atoms with Crippen LogP contribution in [0, 0.1) is 13.8 Å². The number of hydrogen-bond acceptors (Lipinski definition) is 7. The Kier molecular flexibility index (Phi) is 9.67. The number of aliphatic carboxylic acids is 1. The second kappa shape index (κ2) is 13.7. The maximum Gasteiger partial charge on any atom is 0.325 e. The Morgan fingerprint density at radius 3 is 2.06 bits per heavy atom. The van der Waals surface area contributed by atoms with Gasteiger partial charge >= 0.3 is 5.97 Å². The fourth-order valence-corrected chi connectivity index (χ4v) is 5.98. The van der Waals surface area contributed by atoms with E-state index >= 15 is 0 Å². The molecule has 0 radical (unpaired) electrons. The van der Waals surface area contributed by atoms with Gasteiger partial charge in [0.15, 0.2) is 5.82 Å². The number of carbonyl (C=O) groups excluding carboxylic acids is 2. The van der Waals surface area contributed by atoms with Crippen LogP contribution in [0.5, 0.6) is 0 Å². The number of nitrogens with zero attached hydrogens (tertiary/aromatic N) is 4. The van der Waals surface area contributed by atoms with Crippen LogP contribution in [0.3, 0.4) is 0 Å². The number of nitrogens with one attached hydrogen (secondary N) is 2. The highest BCUT2D eigenvalue weighted by Gasteiger charge is 2.26. The van der Waals surface area contributed by atoms with Gasteiger partial charge in [-0.3, -0.25) is 14.4 Å². The maximum atomic E-state index is 13.2. The molecule has 2 atom stereocenters. The zero-order chi connectivity index (χ0) is 33.9. The average Bonchev–Trinajstić information content (AvgIpc) is 3.68. The van der Waals surface area contributed by atoms with Gasteiger partial charge in [-0.2, -0.15) is 5.10 Å². The minimum absolute atomic E-state index is 0.117. The van der Waals surface area contributed by atoms with E-state index in [1.165, 1.54) is 18.3 Å². The lowest BCUT2D eigenvalue weighted by molar-refractivity contribution is -0.141. The molecule has 5 rings (SSSR count). The first kappa shape index (κ1) is 33.2. The van der Waals surface area contributed by atoms with Crippen LogP contribution in [-0.4, -0.2) is 54.7 Å². The molecule has 0 aliphatic heterocycles. The van der Waals surface area contributed by atoms with E-state index in [-0.39, 0.29) is 17.7 Å². The van der Waals surface area contributed by atoms with Crippen molar-refractivity contribution in [2.75, 3.05) is 0 Å². The molecule has 3 heterocycles. The largest absolute Gasteiger partial charge is 0.480 e. The van der Waals surface area contributed by atoms with E-state index < -0.39 is 24.0 Å². The molecule has 0 bridgehead atoms. The van der Waals surface area contributed by atoms with Gasteiger partial charge in [-0.15, -0.1) is 11.3 Å². The number of amides is 2. The van der Waals surface area contributed by atoms with Crippen molar-refractivity contribution in [1.29, 1.82) is 0 Å². The number of carbonyl (C=O) groups is 3. The van der Waals surface area contributed by atoms with Crippen molar-refractivity contribution in [3.8, 4) is 28.2 Å². The molecule has 3 N–H and O–H groups in total. The van der Waals surface area contributed by atoms with Gasteiger partial charge < -0.3 is 15.7 Å². The predicted molar refractivity (Wildman–Crippen MR) is 183 cm³/mol. The number of thiophene rings is 1. The number of carboxylic acids is 1. The highest BCUT2D eigenvalue weighted by Crippen LogP contribution is 2.29. The Morgan fingerprint density at radius 2 is 1.51 bits per heavy atom.